The largest absolute Gasteiger partial charge is 0.496 e. The second kappa shape index (κ2) is 8.92. The molecule has 1 saturated heterocycles. The van der Waals surface area contributed by atoms with E-state index in [1.165, 1.54) is 7.11 Å². The van der Waals surface area contributed by atoms with Gasteiger partial charge in [0.25, 0.3) is 5.91 Å². The molecule has 1 aromatic rings. The zero-order valence-corrected chi connectivity index (χ0v) is 15.1. The van der Waals surface area contributed by atoms with Crippen LogP contribution in [0.1, 0.15) is 43.0 Å². The van der Waals surface area contributed by atoms with E-state index in [-0.39, 0.29) is 11.8 Å². The third-order valence-corrected chi connectivity index (χ3v) is 4.50. The number of nitrogens with zero attached hydrogens (tertiary/aromatic N) is 1. The third kappa shape index (κ3) is 4.87. The summed E-state index contributed by atoms with van der Waals surface area (Å²) in [6, 6.07) is 5.06. The molecule has 1 fully saturated rings. The lowest BCUT2D eigenvalue weighted by Crippen LogP contribution is -2.43. The topological polar surface area (TPSA) is 58.6 Å². The normalized spacial score (nSPS) is 17.5. The van der Waals surface area contributed by atoms with E-state index in [1.807, 2.05) is 11.8 Å². The number of rotatable bonds is 6. The molecule has 132 valence electrons. The van der Waals surface area contributed by atoms with Crippen LogP contribution in [0.5, 0.6) is 5.75 Å². The SMILES string of the molecule is CCCC(=O)NCC1CCCN(C(=O)c2ccc(Cl)cc2OC)C1. The molecule has 0 aliphatic carbocycles. The Bertz CT molecular complexity index is 592. The number of likely N-dealkylation sites (tertiary alicyclic amines) is 1. The molecule has 0 saturated carbocycles. The zero-order chi connectivity index (χ0) is 17.5. The van der Waals surface area contributed by atoms with Crippen molar-refractivity contribution in [1.82, 2.24) is 10.2 Å². The van der Waals surface area contributed by atoms with Crippen LogP contribution in [0.15, 0.2) is 18.2 Å². The maximum Gasteiger partial charge on any atom is 0.257 e. The van der Waals surface area contributed by atoms with Crippen LogP contribution in [-0.2, 0) is 4.79 Å². The molecule has 0 bridgehead atoms. The van der Waals surface area contributed by atoms with E-state index in [9.17, 15) is 9.59 Å². The highest BCUT2D eigenvalue weighted by atomic mass is 35.5. The summed E-state index contributed by atoms with van der Waals surface area (Å²) in [6.45, 7) is 3.99. The van der Waals surface area contributed by atoms with Gasteiger partial charge in [0.1, 0.15) is 5.75 Å². The van der Waals surface area contributed by atoms with Gasteiger partial charge in [0, 0.05) is 31.1 Å². The minimum atomic E-state index is -0.0481. The minimum Gasteiger partial charge on any atom is -0.496 e. The van der Waals surface area contributed by atoms with Crippen LogP contribution in [0, 0.1) is 5.92 Å². The summed E-state index contributed by atoms with van der Waals surface area (Å²) in [5, 5.41) is 3.50. The molecule has 0 spiro atoms. The summed E-state index contributed by atoms with van der Waals surface area (Å²) in [4.78, 5) is 26.2. The molecule has 1 aliphatic rings. The lowest BCUT2D eigenvalue weighted by molar-refractivity contribution is -0.121. The first-order valence-electron chi connectivity index (χ1n) is 8.44. The summed E-state index contributed by atoms with van der Waals surface area (Å²) >= 11 is 5.96. The van der Waals surface area contributed by atoms with Crippen LogP contribution < -0.4 is 10.1 Å². The highest BCUT2D eigenvalue weighted by Gasteiger charge is 2.26. The molecule has 24 heavy (non-hydrogen) atoms. The molecule has 0 radical (unpaired) electrons. The highest BCUT2D eigenvalue weighted by molar-refractivity contribution is 6.30. The van der Waals surface area contributed by atoms with Crippen molar-refractivity contribution in [3.05, 3.63) is 28.8 Å². The Morgan fingerprint density at radius 3 is 2.92 bits per heavy atom. The van der Waals surface area contributed by atoms with Gasteiger partial charge < -0.3 is 15.0 Å². The van der Waals surface area contributed by atoms with Crippen molar-refractivity contribution >= 4 is 23.4 Å². The van der Waals surface area contributed by atoms with E-state index in [2.05, 4.69) is 5.32 Å². The van der Waals surface area contributed by atoms with Gasteiger partial charge in [-0.25, -0.2) is 0 Å². The van der Waals surface area contributed by atoms with E-state index >= 15 is 0 Å². The van der Waals surface area contributed by atoms with E-state index in [4.69, 9.17) is 16.3 Å². The summed E-state index contributed by atoms with van der Waals surface area (Å²) in [7, 11) is 1.53. The molecule has 1 atom stereocenters. The Balaban J connectivity index is 1.99. The Kier molecular flexibility index (Phi) is 6.91. The number of hydrogen-bond donors (Lipinski definition) is 1. The number of hydrogen-bond acceptors (Lipinski definition) is 3. The van der Waals surface area contributed by atoms with Gasteiger partial charge in [-0.2, -0.15) is 0 Å². The average Bonchev–Trinajstić information content (AvgIpc) is 2.59. The lowest BCUT2D eigenvalue weighted by Gasteiger charge is -2.33. The second-order valence-corrected chi connectivity index (χ2v) is 6.59. The third-order valence-electron chi connectivity index (χ3n) is 4.27. The Labute approximate surface area is 148 Å². The minimum absolute atomic E-state index is 0.0481. The number of benzene rings is 1. The molecular weight excluding hydrogens is 328 g/mol. The fourth-order valence-electron chi connectivity index (χ4n) is 3.00. The van der Waals surface area contributed by atoms with Crippen molar-refractivity contribution in [3.8, 4) is 5.75 Å². The van der Waals surface area contributed by atoms with Crippen molar-refractivity contribution in [3.63, 3.8) is 0 Å². The van der Waals surface area contributed by atoms with E-state index in [0.29, 0.717) is 41.8 Å². The van der Waals surface area contributed by atoms with Crippen LogP contribution in [0.4, 0.5) is 0 Å². The monoisotopic (exact) mass is 352 g/mol. The van der Waals surface area contributed by atoms with E-state index in [1.54, 1.807) is 18.2 Å². The molecule has 1 aromatic carbocycles. The van der Waals surface area contributed by atoms with Gasteiger partial charge in [0.2, 0.25) is 5.91 Å². The number of amides is 2. The summed E-state index contributed by atoms with van der Waals surface area (Å²) < 4.78 is 5.28. The van der Waals surface area contributed by atoms with Crippen LogP contribution in [0.2, 0.25) is 5.02 Å². The Morgan fingerprint density at radius 2 is 2.21 bits per heavy atom. The highest BCUT2D eigenvalue weighted by Crippen LogP contribution is 2.26. The van der Waals surface area contributed by atoms with Crippen molar-refractivity contribution in [2.45, 2.75) is 32.6 Å². The molecule has 1 N–H and O–H groups in total. The van der Waals surface area contributed by atoms with Crippen LogP contribution in [0.3, 0.4) is 0 Å². The Morgan fingerprint density at radius 1 is 1.42 bits per heavy atom. The first kappa shape index (κ1) is 18.6. The fourth-order valence-corrected chi connectivity index (χ4v) is 3.16. The summed E-state index contributed by atoms with van der Waals surface area (Å²) in [5.74, 6) is 0.820. The standard InChI is InChI=1S/C18H25ClN2O3/c1-3-5-17(22)20-11-13-6-4-9-21(12-13)18(23)15-8-7-14(19)10-16(15)24-2/h7-8,10,13H,3-6,9,11-12H2,1-2H3,(H,20,22). The van der Waals surface area contributed by atoms with Crippen molar-refractivity contribution in [1.29, 1.82) is 0 Å². The maximum atomic E-state index is 12.8. The van der Waals surface area contributed by atoms with Crippen molar-refractivity contribution in [2.24, 2.45) is 5.92 Å². The quantitative estimate of drug-likeness (QED) is 0.855. The number of carbonyl (C=O) groups is 2. The fraction of sp³-hybridized carbons (Fsp3) is 0.556. The number of nitrogens with one attached hydrogen (secondary N) is 1. The van der Waals surface area contributed by atoms with Gasteiger partial charge in [-0.3, -0.25) is 9.59 Å². The van der Waals surface area contributed by atoms with E-state index < -0.39 is 0 Å². The molecule has 2 amide bonds. The molecular formula is C18H25ClN2O3. The molecule has 0 aromatic heterocycles. The number of halogens is 1. The zero-order valence-electron chi connectivity index (χ0n) is 14.3. The van der Waals surface area contributed by atoms with Gasteiger partial charge in [0.05, 0.1) is 12.7 Å². The molecule has 5 nitrogen and oxygen atoms in total. The molecule has 1 aliphatic heterocycles. The lowest BCUT2D eigenvalue weighted by atomic mass is 9.97. The second-order valence-electron chi connectivity index (χ2n) is 6.16. The van der Waals surface area contributed by atoms with Gasteiger partial charge in [0.15, 0.2) is 0 Å². The van der Waals surface area contributed by atoms with E-state index in [0.717, 1.165) is 25.8 Å². The van der Waals surface area contributed by atoms with Crippen LogP contribution in [-0.4, -0.2) is 43.5 Å². The maximum absolute atomic E-state index is 12.8. The molecule has 1 unspecified atom stereocenters. The van der Waals surface area contributed by atoms with Gasteiger partial charge in [-0.15, -0.1) is 0 Å². The molecule has 2 rings (SSSR count). The van der Waals surface area contributed by atoms with Crippen LogP contribution >= 0.6 is 11.6 Å². The predicted octanol–water partition coefficient (Wildman–Crippen LogP) is 3.12. The first-order chi connectivity index (χ1) is 11.5. The number of piperidine rings is 1. The smallest absolute Gasteiger partial charge is 0.257 e. The number of carbonyl (C=O) groups excluding carboxylic acids is 2. The van der Waals surface area contributed by atoms with Crippen LogP contribution in [0.25, 0.3) is 0 Å². The van der Waals surface area contributed by atoms with Crippen molar-refractivity contribution < 1.29 is 14.3 Å². The number of ether oxygens (including phenoxy) is 1. The van der Waals surface area contributed by atoms with Crippen molar-refractivity contribution in [2.75, 3.05) is 26.7 Å². The van der Waals surface area contributed by atoms with Gasteiger partial charge in [-0.05, 0) is 43.4 Å². The first-order valence-corrected chi connectivity index (χ1v) is 8.82. The van der Waals surface area contributed by atoms with Gasteiger partial charge >= 0.3 is 0 Å². The average molecular weight is 353 g/mol. The molecule has 6 heteroatoms. The Hall–Kier alpha value is -1.75. The predicted molar refractivity (Wildman–Crippen MR) is 94.5 cm³/mol. The number of methoxy groups -OCH3 is 1. The van der Waals surface area contributed by atoms with Gasteiger partial charge in [-0.1, -0.05) is 18.5 Å². The molecule has 1 heterocycles. The summed E-state index contributed by atoms with van der Waals surface area (Å²) in [6.07, 6.45) is 3.36. The summed E-state index contributed by atoms with van der Waals surface area (Å²) in [5.41, 5.74) is 0.526.